The molecule has 1 fully saturated rings. The summed E-state index contributed by atoms with van der Waals surface area (Å²) in [6.07, 6.45) is 4.11. The second-order valence-corrected chi connectivity index (χ2v) is 7.56. The van der Waals surface area contributed by atoms with Crippen LogP contribution in [-0.2, 0) is 7.05 Å². The van der Waals surface area contributed by atoms with E-state index in [0.29, 0.717) is 15.9 Å². The van der Waals surface area contributed by atoms with E-state index < -0.39 is 6.10 Å². The van der Waals surface area contributed by atoms with Crippen LogP contribution in [0.25, 0.3) is 0 Å². The molecule has 1 atom stereocenters. The summed E-state index contributed by atoms with van der Waals surface area (Å²) in [5, 5.41) is 18.5. The Hall–Kier alpha value is -0.420. The van der Waals surface area contributed by atoms with E-state index in [9.17, 15) is 5.11 Å². The number of aliphatic hydroxyl groups is 1. The van der Waals surface area contributed by atoms with Crippen LogP contribution in [0, 0.1) is 17.3 Å². The third-order valence-corrected chi connectivity index (χ3v) is 5.11. The van der Waals surface area contributed by atoms with Crippen molar-refractivity contribution in [2.75, 3.05) is 0 Å². The number of hydrogen-bond acceptors (Lipinski definition) is 3. The third kappa shape index (κ3) is 3.19. The van der Waals surface area contributed by atoms with Crippen LogP contribution in [0.15, 0.2) is 4.60 Å². The molecule has 19 heavy (non-hydrogen) atoms. The lowest BCUT2D eigenvalue weighted by molar-refractivity contribution is 0.0474. The van der Waals surface area contributed by atoms with Gasteiger partial charge in [-0.3, -0.25) is 0 Å². The lowest BCUT2D eigenvalue weighted by Gasteiger charge is -2.38. The summed E-state index contributed by atoms with van der Waals surface area (Å²) in [7, 11) is 1.83. The van der Waals surface area contributed by atoms with Gasteiger partial charge in [-0.2, -0.15) is 0 Å². The zero-order valence-electron chi connectivity index (χ0n) is 12.2. The average Bonchev–Trinajstić information content (AvgIpc) is 2.67. The molecule has 0 spiro atoms. The normalized spacial score (nSPS) is 26.4. The summed E-state index contributed by atoms with van der Waals surface area (Å²) in [6, 6.07) is 0. The second kappa shape index (κ2) is 5.52. The molecule has 4 nitrogen and oxygen atoms in total. The SMILES string of the molecule is Cn1nnc(Br)c1C(O)C1CCC(C(C)(C)C)CC1. The molecule has 0 aromatic carbocycles. The maximum absolute atomic E-state index is 10.6. The molecule has 1 aromatic heterocycles. The van der Waals surface area contributed by atoms with Crippen LogP contribution >= 0.6 is 15.9 Å². The summed E-state index contributed by atoms with van der Waals surface area (Å²) < 4.78 is 2.34. The van der Waals surface area contributed by atoms with Crippen molar-refractivity contribution in [1.29, 1.82) is 0 Å². The zero-order chi connectivity index (χ0) is 14.2. The molecule has 1 aliphatic rings. The first-order chi connectivity index (χ1) is 8.80. The standard InChI is InChI=1S/C14H24BrN3O/c1-14(2,3)10-7-5-9(6-8-10)12(19)11-13(15)16-17-18(11)4/h9-10,12,19H,5-8H2,1-4H3. The van der Waals surface area contributed by atoms with Crippen LogP contribution in [0.3, 0.4) is 0 Å². The maximum atomic E-state index is 10.6. The number of aromatic nitrogens is 3. The van der Waals surface area contributed by atoms with E-state index in [1.165, 1.54) is 12.8 Å². The third-order valence-electron chi connectivity index (χ3n) is 4.55. The number of halogens is 1. The van der Waals surface area contributed by atoms with Crippen molar-refractivity contribution in [3.8, 4) is 0 Å². The molecule has 0 aliphatic heterocycles. The smallest absolute Gasteiger partial charge is 0.154 e. The Balaban J connectivity index is 2.02. The van der Waals surface area contributed by atoms with E-state index in [2.05, 4.69) is 47.0 Å². The first-order valence-corrected chi connectivity index (χ1v) is 7.83. The molecule has 1 heterocycles. The Morgan fingerprint density at radius 1 is 1.26 bits per heavy atom. The molecule has 0 radical (unpaired) electrons. The summed E-state index contributed by atoms with van der Waals surface area (Å²) in [5.41, 5.74) is 1.18. The average molecular weight is 330 g/mol. The lowest BCUT2D eigenvalue weighted by Crippen LogP contribution is -2.28. The fourth-order valence-electron chi connectivity index (χ4n) is 3.18. The first kappa shape index (κ1) is 15.0. The van der Waals surface area contributed by atoms with E-state index >= 15 is 0 Å². The van der Waals surface area contributed by atoms with Gasteiger partial charge in [-0.15, -0.1) is 5.10 Å². The highest BCUT2D eigenvalue weighted by molar-refractivity contribution is 9.10. The van der Waals surface area contributed by atoms with E-state index in [1.807, 2.05) is 7.05 Å². The van der Waals surface area contributed by atoms with Gasteiger partial charge in [0.15, 0.2) is 4.60 Å². The topological polar surface area (TPSA) is 50.9 Å². The van der Waals surface area contributed by atoms with Crippen molar-refractivity contribution in [2.45, 2.75) is 52.6 Å². The molecule has 1 unspecified atom stereocenters. The monoisotopic (exact) mass is 329 g/mol. The van der Waals surface area contributed by atoms with Gasteiger partial charge in [0, 0.05) is 7.05 Å². The van der Waals surface area contributed by atoms with E-state index in [-0.39, 0.29) is 0 Å². The van der Waals surface area contributed by atoms with Crippen LogP contribution in [0.5, 0.6) is 0 Å². The fraction of sp³-hybridized carbons (Fsp3) is 0.857. The highest BCUT2D eigenvalue weighted by Gasteiger charge is 2.34. The lowest BCUT2D eigenvalue weighted by atomic mass is 9.68. The Morgan fingerprint density at radius 3 is 2.26 bits per heavy atom. The van der Waals surface area contributed by atoms with Crippen LogP contribution < -0.4 is 0 Å². The predicted molar refractivity (Wildman–Crippen MR) is 78.6 cm³/mol. The van der Waals surface area contributed by atoms with Crippen molar-refractivity contribution in [1.82, 2.24) is 15.0 Å². The molecule has 1 aromatic rings. The molecule has 2 rings (SSSR count). The van der Waals surface area contributed by atoms with Crippen molar-refractivity contribution in [2.24, 2.45) is 24.3 Å². The minimum atomic E-state index is -0.463. The van der Waals surface area contributed by atoms with Crippen LogP contribution in [0.2, 0.25) is 0 Å². The van der Waals surface area contributed by atoms with Gasteiger partial charge < -0.3 is 5.11 Å². The van der Waals surface area contributed by atoms with Crippen molar-refractivity contribution < 1.29 is 5.11 Å². The van der Waals surface area contributed by atoms with Gasteiger partial charge >= 0.3 is 0 Å². The van der Waals surface area contributed by atoms with E-state index in [4.69, 9.17) is 0 Å². The number of nitrogens with zero attached hydrogens (tertiary/aromatic N) is 3. The minimum absolute atomic E-state index is 0.326. The quantitative estimate of drug-likeness (QED) is 0.903. The predicted octanol–water partition coefficient (Wildman–Crippen LogP) is 3.46. The van der Waals surface area contributed by atoms with Gasteiger partial charge in [-0.25, -0.2) is 4.68 Å². The molecular weight excluding hydrogens is 306 g/mol. The maximum Gasteiger partial charge on any atom is 0.154 e. The summed E-state index contributed by atoms with van der Waals surface area (Å²) in [4.78, 5) is 0. The van der Waals surface area contributed by atoms with E-state index in [1.54, 1.807) is 4.68 Å². The number of aryl methyl sites for hydroxylation is 1. The molecular formula is C14H24BrN3O. The Morgan fingerprint density at radius 2 is 1.84 bits per heavy atom. The fourth-order valence-corrected chi connectivity index (χ4v) is 3.74. The molecule has 0 amide bonds. The Labute approximate surface area is 123 Å². The van der Waals surface area contributed by atoms with Gasteiger partial charge in [-0.05, 0) is 58.9 Å². The van der Waals surface area contributed by atoms with Crippen LogP contribution in [-0.4, -0.2) is 20.1 Å². The molecule has 0 saturated heterocycles. The minimum Gasteiger partial charge on any atom is -0.386 e. The highest BCUT2D eigenvalue weighted by Crippen LogP contribution is 2.43. The molecule has 1 aliphatic carbocycles. The summed E-state index contributed by atoms with van der Waals surface area (Å²) in [6.45, 7) is 6.95. The first-order valence-electron chi connectivity index (χ1n) is 7.04. The second-order valence-electron chi connectivity index (χ2n) is 6.81. The van der Waals surface area contributed by atoms with Gasteiger partial charge in [0.05, 0.1) is 0 Å². The summed E-state index contributed by atoms with van der Waals surface area (Å²) in [5.74, 6) is 1.09. The molecule has 1 saturated carbocycles. The molecule has 5 heteroatoms. The van der Waals surface area contributed by atoms with Gasteiger partial charge in [0.2, 0.25) is 0 Å². The number of hydrogen-bond donors (Lipinski definition) is 1. The molecule has 108 valence electrons. The molecule has 0 bridgehead atoms. The summed E-state index contributed by atoms with van der Waals surface area (Å²) >= 11 is 3.37. The Bertz CT molecular complexity index is 411. The Kier molecular flexibility index (Phi) is 4.35. The van der Waals surface area contributed by atoms with E-state index in [0.717, 1.165) is 24.5 Å². The van der Waals surface area contributed by atoms with Crippen molar-refractivity contribution in [3.05, 3.63) is 10.3 Å². The number of rotatable bonds is 2. The van der Waals surface area contributed by atoms with Gasteiger partial charge in [0.25, 0.3) is 0 Å². The van der Waals surface area contributed by atoms with Crippen molar-refractivity contribution >= 4 is 15.9 Å². The van der Waals surface area contributed by atoms with Crippen LogP contribution in [0.1, 0.15) is 58.3 Å². The largest absolute Gasteiger partial charge is 0.386 e. The van der Waals surface area contributed by atoms with Gasteiger partial charge in [-0.1, -0.05) is 26.0 Å². The van der Waals surface area contributed by atoms with Crippen molar-refractivity contribution in [3.63, 3.8) is 0 Å². The molecule has 1 N–H and O–H groups in total. The van der Waals surface area contributed by atoms with Crippen LogP contribution in [0.4, 0.5) is 0 Å². The highest BCUT2D eigenvalue weighted by atomic mass is 79.9. The number of aliphatic hydroxyl groups excluding tert-OH is 1. The van der Waals surface area contributed by atoms with Gasteiger partial charge in [0.1, 0.15) is 11.8 Å². The zero-order valence-corrected chi connectivity index (χ0v) is 13.8.